The third-order valence-electron chi connectivity index (χ3n) is 5.32. The molecule has 0 fully saturated rings. The molecule has 0 bridgehead atoms. The first-order chi connectivity index (χ1) is 16.1. The summed E-state index contributed by atoms with van der Waals surface area (Å²) in [6, 6.07) is 15.6. The van der Waals surface area contributed by atoms with Gasteiger partial charge in [0, 0.05) is 12.1 Å². The second kappa shape index (κ2) is 9.15. The van der Waals surface area contributed by atoms with E-state index in [0.29, 0.717) is 22.5 Å². The molecule has 3 aromatic rings. The van der Waals surface area contributed by atoms with Gasteiger partial charge >= 0.3 is 0 Å². The molecule has 1 heterocycles. The SMILES string of the molecule is CCS(=O)(=O)Nc1cccc(C2=NN(S(=O)(=O)c3cccc(F)c3)C(c3ccc(F)cc3)C2)c1. The molecule has 0 radical (unpaired) electrons. The van der Waals surface area contributed by atoms with Gasteiger partial charge in [-0.25, -0.2) is 17.2 Å². The van der Waals surface area contributed by atoms with Gasteiger partial charge in [-0.1, -0.05) is 30.3 Å². The van der Waals surface area contributed by atoms with Crippen LogP contribution in [0.3, 0.4) is 0 Å². The molecular formula is C23H21F2N3O4S2. The first-order valence-electron chi connectivity index (χ1n) is 10.3. The lowest BCUT2D eigenvalue weighted by Crippen LogP contribution is -2.27. The van der Waals surface area contributed by atoms with Gasteiger partial charge in [0.1, 0.15) is 11.6 Å². The number of sulfonamides is 2. The van der Waals surface area contributed by atoms with E-state index in [-0.39, 0.29) is 17.1 Å². The second-order valence-electron chi connectivity index (χ2n) is 7.64. The molecule has 0 amide bonds. The van der Waals surface area contributed by atoms with Crippen molar-refractivity contribution in [1.29, 1.82) is 0 Å². The number of hydrogen-bond acceptors (Lipinski definition) is 5. The van der Waals surface area contributed by atoms with Crippen molar-refractivity contribution in [2.75, 3.05) is 10.5 Å². The number of halogens is 2. The predicted molar refractivity (Wildman–Crippen MR) is 125 cm³/mol. The molecule has 34 heavy (non-hydrogen) atoms. The molecule has 0 saturated heterocycles. The molecule has 11 heteroatoms. The van der Waals surface area contributed by atoms with Gasteiger partial charge in [0.2, 0.25) is 10.0 Å². The molecule has 1 aliphatic rings. The first kappa shape index (κ1) is 23.8. The topological polar surface area (TPSA) is 95.9 Å². The standard InChI is InChI=1S/C23H21F2N3O4S2/c1-2-33(29,30)27-20-7-3-5-17(13-20)22-15-23(16-9-11-18(24)12-10-16)28(26-22)34(31,32)21-8-4-6-19(25)14-21/h3-14,23,27H,2,15H2,1H3. The number of nitrogens with one attached hydrogen (secondary N) is 1. The minimum absolute atomic E-state index is 0.107. The number of nitrogens with zero attached hydrogens (tertiary/aromatic N) is 2. The zero-order valence-corrected chi connectivity index (χ0v) is 19.7. The lowest BCUT2D eigenvalue weighted by atomic mass is 9.99. The van der Waals surface area contributed by atoms with Crippen LogP contribution in [0.5, 0.6) is 0 Å². The molecule has 1 unspecified atom stereocenters. The molecule has 4 rings (SSSR count). The van der Waals surface area contributed by atoms with E-state index in [1.807, 2.05) is 0 Å². The zero-order chi connectivity index (χ0) is 24.5. The quantitative estimate of drug-likeness (QED) is 0.519. The molecular weight excluding hydrogens is 484 g/mol. The third kappa shape index (κ3) is 4.95. The Bertz CT molecular complexity index is 1460. The number of benzene rings is 3. The largest absolute Gasteiger partial charge is 0.284 e. The van der Waals surface area contributed by atoms with Gasteiger partial charge in [0.05, 0.1) is 22.4 Å². The summed E-state index contributed by atoms with van der Waals surface area (Å²) in [4.78, 5) is -0.269. The first-order valence-corrected chi connectivity index (χ1v) is 13.4. The Hall–Kier alpha value is -3.31. The Morgan fingerprint density at radius 2 is 1.65 bits per heavy atom. The molecule has 1 atom stereocenters. The average molecular weight is 506 g/mol. The highest BCUT2D eigenvalue weighted by Gasteiger charge is 2.38. The summed E-state index contributed by atoms with van der Waals surface area (Å²) < 4.78 is 81.3. The van der Waals surface area contributed by atoms with E-state index in [9.17, 15) is 25.6 Å². The van der Waals surface area contributed by atoms with Crippen LogP contribution in [0.15, 0.2) is 82.8 Å². The fourth-order valence-electron chi connectivity index (χ4n) is 3.57. The summed E-state index contributed by atoms with van der Waals surface area (Å²) in [5, 5.41) is 4.34. The molecule has 0 aliphatic carbocycles. The van der Waals surface area contributed by atoms with E-state index in [0.717, 1.165) is 16.5 Å². The Morgan fingerprint density at radius 1 is 0.941 bits per heavy atom. The van der Waals surface area contributed by atoms with Crippen molar-refractivity contribution in [3.05, 3.63) is 95.6 Å². The van der Waals surface area contributed by atoms with Crippen molar-refractivity contribution in [2.24, 2.45) is 5.10 Å². The highest BCUT2D eigenvalue weighted by molar-refractivity contribution is 7.92. The Morgan fingerprint density at radius 3 is 2.32 bits per heavy atom. The van der Waals surface area contributed by atoms with Crippen LogP contribution >= 0.6 is 0 Å². The summed E-state index contributed by atoms with van der Waals surface area (Å²) in [5.74, 6) is -1.29. The van der Waals surface area contributed by atoms with Gasteiger partial charge in [-0.05, 0) is 60.5 Å². The molecule has 0 aromatic heterocycles. The van der Waals surface area contributed by atoms with Gasteiger partial charge in [-0.3, -0.25) is 4.72 Å². The van der Waals surface area contributed by atoms with Gasteiger partial charge in [-0.2, -0.15) is 17.9 Å². The Kier molecular flexibility index (Phi) is 6.41. The van der Waals surface area contributed by atoms with Gasteiger partial charge in [-0.15, -0.1) is 0 Å². The fourth-order valence-corrected chi connectivity index (χ4v) is 5.66. The van der Waals surface area contributed by atoms with E-state index >= 15 is 0 Å². The minimum atomic E-state index is -4.25. The molecule has 7 nitrogen and oxygen atoms in total. The summed E-state index contributed by atoms with van der Waals surface area (Å²) in [6.07, 6.45) is 0.143. The fraction of sp³-hybridized carbons (Fsp3) is 0.174. The van der Waals surface area contributed by atoms with Gasteiger partial charge in [0.25, 0.3) is 10.0 Å². The lowest BCUT2D eigenvalue weighted by Gasteiger charge is -2.23. The maximum Gasteiger partial charge on any atom is 0.279 e. The van der Waals surface area contributed by atoms with Crippen LogP contribution in [-0.4, -0.2) is 32.7 Å². The van der Waals surface area contributed by atoms with Crippen molar-refractivity contribution in [3.63, 3.8) is 0 Å². The van der Waals surface area contributed by atoms with Crippen LogP contribution in [0.4, 0.5) is 14.5 Å². The Balaban J connectivity index is 1.77. The average Bonchev–Trinajstić information content (AvgIpc) is 3.26. The molecule has 1 N–H and O–H groups in total. The van der Waals surface area contributed by atoms with Crippen LogP contribution < -0.4 is 4.72 Å². The summed E-state index contributed by atoms with van der Waals surface area (Å²) in [5.41, 5.74) is 1.71. The van der Waals surface area contributed by atoms with Crippen LogP contribution in [-0.2, 0) is 20.0 Å². The monoisotopic (exact) mass is 505 g/mol. The van der Waals surface area contributed by atoms with Gasteiger partial charge < -0.3 is 0 Å². The number of hydrazone groups is 1. The van der Waals surface area contributed by atoms with Crippen LogP contribution in [0.1, 0.15) is 30.5 Å². The third-order valence-corrected chi connectivity index (χ3v) is 8.30. The second-order valence-corrected chi connectivity index (χ2v) is 11.4. The van der Waals surface area contributed by atoms with Crippen molar-refractivity contribution in [2.45, 2.75) is 24.3 Å². The van der Waals surface area contributed by atoms with Gasteiger partial charge in [0.15, 0.2) is 0 Å². The maximum atomic E-state index is 13.8. The summed E-state index contributed by atoms with van der Waals surface area (Å²) in [6.45, 7) is 1.51. The molecule has 3 aromatic carbocycles. The van der Waals surface area contributed by atoms with Crippen molar-refractivity contribution in [3.8, 4) is 0 Å². The number of hydrogen-bond donors (Lipinski definition) is 1. The zero-order valence-electron chi connectivity index (χ0n) is 18.0. The van der Waals surface area contributed by atoms with Crippen LogP contribution in [0, 0.1) is 11.6 Å². The highest BCUT2D eigenvalue weighted by Crippen LogP contribution is 2.37. The summed E-state index contributed by atoms with van der Waals surface area (Å²) in [7, 11) is -7.76. The highest BCUT2D eigenvalue weighted by atomic mass is 32.2. The number of rotatable bonds is 7. The van der Waals surface area contributed by atoms with E-state index in [1.54, 1.807) is 24.3 Å². The Labute approximate surface area is 196 Å². The van der Waals surface area contributed by atoms with Crippen molar-refractivity contribution < 1.29 is 25.6 Å². The minimum Gasteiger partial charge on any atom is -0.284 e. The maximum absolute atomic E-state index is 13.8. The van der Waals surface area contributed by atoms with E-state index in [4.69, 9.17) is 0 Å². The molecule has 0 saturated carbocycles. The molecule has 178 valence electrons. The lowest BCUT2D eigenvalue weighted by molar-refractivity contribution is 0.371. The van der Waals surface area contributed by atoms with E-state index in [2.05, 4.69) is 9.82 Å². The van der Waals surface area contributed by atoms with Crippen LogP contribution in [0.2, 0.25) is 0 Å². The normalized spacial score (nSPS) is 16.4. The van der Waals surface area contributed by atoms with Crippen molar-refractivity contribution in [1.82, 2.24) is 4.41 Å². The van der Waals surface area contributed by atoms with Crippen molar-refractivity contribution >= 4 is 31.4 Å². The van der Waals surface area contributed by atoms with E-state index in [1.165, 1.54) is 43.3 Å². The van der Waals surface area contributed by atoms with Crippen LogP contribution in [0.25, 0.3) is 0 Å². The summed E-state index contributed by atoms with van der Waals surface area (Å²) >= 11 is 0. The number of anilines is 1. The molecule has 0 spiro atoms. The molecule has 1 aliphatic heterocycles. The smallest absolute Gasteiger partial charge is 0.279 e. The predicted octanol–water partition coefficient (Wildman–Crippen LogP) is 4.27. The van der Waals surface area contributed by atoms with E-state index < -0.39 is 37.7 Å².